The molecule has 0 amide bonds. The van der Waals surface area contributed by atoms with Crippen molar-refractivity contribution in [3.05, 3.63) is 66.5 Å². The van der Waals surface area contributed by atoms with E-state index in [-0.39, 0.29) is 0 Å². The molecule has 1 aliphatic rings. The van der Waals surface area contributed by atoms with Crippen LogP contribution in [0, 0.1) is 5.82 Å². The summed E-state index contributed by atoms with van der Waals surface area (Å²) in [5.41, 5.74) is 2.78. The number of hydrogen-bond acceptors (Lipinski definition) is 7. The fourth-order valence-electron chi connectivity index (χ4n) is 4.01. The Hall–Kier alpha value is -3.43. The second-order valence-corrected chi connectivity index (χ2v) is 7.89. The van der Waals surface area contributed by atoms with E-state index < -0.39 is 5.82 Å². The summed E-state index contributed by atoms with van der Waals surface area (Å²) >= 11 is 0. The Morgan fingerprint density at radius 2 is 2.12 bits per heavy atom. The van der Waals surface area contributed by atoms with E-state index in [1.54, 1.807) is 23.0 Å². The van der Waals surface area contributed by atoms with Gasteiger partial charge in [0.05, 0.1) is 11.9 Å². The van der Waals surface area contributed by atoms with Gasteiger partial charge in [-0.1, -0.05) is 12.5 Å². The molecule has 4 aromatic heterocycles. The van der Waals surface area contributed by atoms with Crippen LogP contribution in [-0.2, 0) is 6.54 Å². The van der Waals surface area contributed by atoms with Crippen LogP contribution in [0.15, 0.2) is 55.1 Å². The van der Waals surface area contributed by atoms with Gasteiger partial charge in [-0.2, -0.15) is 0 Å². The van der Waals surface area contributed by atoms with E-state index in [0.29, 0.717) is 35.6 Å². The fourth-order valence-corrected chi connectivity index (χ4v) is 4.01. The van der Waals surface area contributed by atoms with E-state index in [1.807, 2.05) is 30.5 Å². The molecule has 9 heteroatoms. The Balaban J connectivity index is 1.47. The van der Waals surface area contributed by atoms with E-state index >= 15 is 0 Å². The average Bonchev–Trinajstić information content (AvgIpc) is 3.25. The van der Waals surface area contributed by atoms with Crippen molar-refractivity contribution in [2.45, 2.75) is 31.8 Å². The Morgan fingerprint density at radius 1 is 1.16 bits per heavy atom. The van der Waals surface area contributed by atoms with Gasteiger partial charge in [-0.15, -0.1) is 5.10 Å². The van der Waals surface area contributed by atoms with Crippen molar-refractivity contribution >= 4 is 17.0 Å². The van der Waals surface area contributed by atoms with Crippen LogP contribution < -0.4 is 16.0 Å². The number of anilines is 2. The quantitative estimate of drug-likeness (QED) is 0.413. The van der Waals surface area contributed by atoms with Gasteiger partial charge in [0.25, 0.3) is 0 Å². The zero-order valence-electron chi connectivity index (χ0n) is 17.6. The van der Waals surface area contributed by atoms with Gasteiger partial charge in [-0.05, 0) is 49.2 Å². The third kappa shape index (κ3) is 4.44. The van der Waals surface area contributed by atoms with Gasteiger partial charge in [0.2, 0.25) is 5.82 Å². The maximum Gasteiger partial charge on any atom is 0.200 e. The Bertz CT molecular complexity index is 1190. The largest absolute Gasteiger partial charge is 0.336 e. The molecule has 5 rings (SSSR count). The van der Waals surface area contributed by atoms with Crippen LogP contribution in [0.5, 0.6) is 0 Å². The summed E-state index contributed by atoms with van der Waals surface area (Å²) in [5, 5.41) is 14.9. The number of hydrogen-bond donors (Lipinski definition) is 3. The molecule has 0 radical (unpaired) electrons. The monoisotopic (exact) mass is 432 g/mol. The molecule has 164 valence electrons. The van der Waals surface area contributed by atoms with Crippen LogP contribution in [0.4, 0.5) is 15.9 Å². The highest BCUT2D eigenvalue weighted by Crippen LogP contribution is 2.27. The molecular formula is C23H25FN8. The molecule has 0 aliphatic carbocycles. The maximum absolute atomic E-state index is 14.3. The molecule has 1 aliphatic heterocycles. The zero-order valence-corrected chi connectivity index (χ0v) is 17.6. The lowest BCUT2D eigenvalue weighted by Crippen LogP contribution is -2.41. The van der Waals surface area contributed by atoms with E-state index in [4.69, 9.17) is 4.98 Å². The minimum absolute atomic E-state index is 0.305. The molecule has 4 aromatic rings. The van der Waals surface area contributed by atoms with Gasteiger partial charge in [0.1, 0.15) is 11.2 Å². The van der Waals surface area contributed by atoms with Crippen LogP contribution >= 0.6 is 0 Å². The van der Waals surface area contributed by atoms with Crippen LogP contribution in [0.3, 0.4) is 0 Å². The summed E-state index contributed by atoms with van der Waals surface area (Å²) in [7, 11) is 0. The van der Waals surface area contributed by atoms with Crippen molar-refractivity contribution < 1.29 is 4.39 Å². The molecule has 8 nitrogen and oxygen atoms in total. The van der Waals surface area contributed by atoms with Gasteiger partial charge in [-0.3, -0.25) is 9.97 Å². The number of rotatable bonds is 7. The van der Waals surface area contributed by atoms with Gasteiger partial charge in [0.15, 0.2) is 11.6 Å². The Kier molecular flexibility index (Phi) is 6.00. The number of nitrogens with zero attached hydrogens (tertiary/aromatic N) is 5. The number of aromatic nitrogens is 5. The maximum atomic E-state index is 14.3. The molecular weight excluding hydrogens is 407 g/mol. The van der Waals surface area contributed by atoms with Crippen molar-refractivity contribution in [2.24, 2.45) is 0 Å². The van der Waals surface area contributed by atoms with E-state index in [9.17, 15) is 4.39 Å². The third-order valence-corrected chi connectivity index (χ3v) is 5.63. The normalized spacial score (nSPS) is 16.3. The molecule has 0 aromatic carbocycles. The summed E-state index contributed by atoms with van der Waals surface area (Å²) in [6, 6.07) is 9.67. The molecule has 3 N–H and O–H groups in total. The predicted molar refractivity (Wildman–Crippen MR) is 121 cm³/mol. The molecule has 5 heterocycles. The van der Waals surface area contributed by atoms with Gasteiger partial charge in [0, 0.05) is 37.7 Å². The minimum atomic E-state index is -0.446. The molecule has 1 saturated heterocycles. The Morgan fingerprint density at radius 3 is 2.94 bits per heavy atom. The second-order valence-electron chi connectivity index (χ2n) is 7.89. The van der Waals surface area contributed by atoms with Crippen molar-refractivity contribution in [1.29, 1.82) is 0 Å². The second kappa shape index (κ2) is 9.37. The molecule has 0 saturated carbocycles. The first-order chi connectivity index (χ1) is 15.8. The van der Waals surface area contributed by atoms with E-state index in [2.05, 4.69) is 31.0 Å². The van der Waals surface area contributed by atoms with Crippen LogP contribution in [0.2, 0.25) is 0 Å². The molecule has 0 spiro atoms. The third-order valence-electron chi connectivity index (χ3n) is 5.63. The van der Waals surface area contributed by atoms with Crippen LogP contribution in [-0.4, -0.2) is 43.7 Å². The number of halogens is 1. The highest BCUT2D eigenvalue weighted by molar-refractivity contribution is 5.78. The van der Waals surface area contributed by atoms with Gasteiger partial charge < -0.3 is 16.0 Å². The predicted octanol–water partition coefficient (Wildman–Crippen LogP) is 3.30. The number of piperidine rings is 1. The molecule has 0 bridgehead atoms. The summed E-state index contributed by atoms with van der Waals surface area (Å²) in [6.45, 7) is 2.64. The van der Waals surface area contributed by atoms with Crippen molar-refractivity contribution in [2.75, 3.05) is 18.4 Å². The van der Waals surface area contributed by atoms with E-state index in [1.165, 1.54) is 25.5 Å². The van der Waals surface area contributed by atoms with Gasteiger partial charge in [-0.25, -0.2) is 13.9 Å². The summed E-state index contributed by atoms with van der Waals surface area (Å²) in [6.07, 6.45) is 10.0. The van der Waals surface area contributed by atoms with Crippen molar-refractivity contribution in [3.8, 4) is 11.5 Å². The Labute approximate surface area is 185 Å². The standard InChI is InChI=1S/C23H25FN8/c24-18-15-25-11-7-19(18)29-23-21-16(13-26-14-17-5-1-3-9-27-17)8-12-32(21)31-22(30-23)20-6-2-4-10-28-20/h2,4,6-8,10-12,15,17,26-27H,1,3,5,9,13-14H2,(H,25,29,30,31). The van der Waals surface area contributed by atoms with Crippen LogP contribution in [0.25, 0.3) is 17.0 Å². The lowest BCUT2D eigenvalue weighted by atomic mass is 10.1. The SMILES string of the molecule is Fc1cnccc1Nc1nc(-c2ccccn2)nn2ccc(CNCC3CCCCN3)c12. The fraction of sp³-hybridized carbons (Fsp3) is 0.304. The number of fused-ring (bicyclic) bond motifs is 1. The van der Waals surface area contributed by atoms with Gasteiger partial charge >= 0.3 is 0 Å². The molecule has 1 fully saturated rings. The zero-order chi connectivity index (χ0) is 21.8. The highest BCUT2D eigenvalue weighted by Gasteiger charge is 2.17. The molecule has 1 unspecified atom stereocenters. The summed E-state index contributed by atoms with van der Waals surface area (Å²) in [5.74, 6) is 0.526. The number of pyridine rings is 2. The molecule has 1 atom stereocenters. The first kappa shape index (κ1) is 20.5. The number of nitrogens with one attached hydrogen (secondary N) is 3. The average molecular weight is 433 g/mol. The first-order valence-corrected chi connectivity index (χ1v) is 10.9. The first-order valence-electron chi connectivity index (χ1n) is 10.9. The minimum Gasteiger partial charge on any atom is -0.336 e. The highest BCUT2D eigenvalue weighted by atomic mass is 19.1. The lowest BCUT2D eigenvalue weighted by Gasteiger charge is -2.23. The smallest absolute Gasteiger partial charge is 0.200 e. The topological polar surface area (TPSA) is 92.1 Å². The van der Waals surface area contributed by atoms with E-state index in [0.717, 1.165) is 24.2 Å². The summed E-state index contributed by atoms with van der Waals surface area (Å²) in [4.78, 5) is 12.9. The lowest BCUT2D eigenvalue weighted by molar-refractivity contribution is 0.383. The van der Waals surface area contributed by atoms with Crippen molar-refractivity contribution in [3.63, 3.8) is 0 Å². The summed E-state index contributed by atoms with van der Waals surface area (Å²) < 4.78 is 16.1. The van der Waals surface area contributed by atoms with Crippen molar-refractivity contribution in [1.82, 2.24) is 35.2 Å². The van der Waals surface area contributed by atoms with Crippen LogP contribution in [0.1, 0.15) is 24.8 Å². The molecule has 32 heavy (non-hydrogen) atoms.